The molecule has 16 heteroatoms. The zero-order valence-electron chi connectivity index (χ0n) is 24.9. The molecule has 3 rings (SSSR count). The van der Waals surface area contributed by atoms with Gasteiger partial charge in [-0.3, -0.25) is 19.2 Å². The molecule has 1 fully saturated rings. The summed E-state index contributed by atoms with van der Waals surface area (Å²) < 4.78 is 63.3. The molecule has 14 nitrogen and oxygen atoms in total. The molecule has 1 aliphatic heterocycles. The molecule has 0 spiro atoms. The van der Waals surface area contributed by atoms with Crippen LogP contribution in [0.3, 0.4) is 0 Å². The number of nitrogens with zero attached hydrogens (tertiary/aromatic N) is 2. The molecule has 0 aromatic heterocycles. The van der Waals surface area contributed by atoms with Gasteiger partial charge in [0.1, 0.15) is 12.2 Å². The molecule has 0 radical (unpaired) electrons. The van der Waals surface area contributed by atoms with Crippen molar-refractivity contribution >= 4 is 29.6 Å². The number of phosphoric ester groups is 1. The molecule has 1 amide bonds. The number of amides is 1. The number of sulfonamides is 1. The first-order chi connectivity index (χ1) is 20.8. The van der Waals surface area contributed by atoms with Crippen LogP contribution < -0.4 is 5.32 Å². The van der Waals surface area contributed by atoms with Crippen molar-refractivity contribution in [3.05, 3.63) is 70.3 Å². The normalized spacial score (nSPS) is 18.1. The van der Waals surface area contributed by atoms with E-state index in [0.717, 1.165) is 34.1 Å². The SMILES string of the molecule is CCCOP(=O)(O)O[C@H](CN(CC(C)C)S(=O)(=O)c1ccc([N+](=O)[O-])cc1)[C@H](Cc1ccccc1)NC(=O)O[C@H]1CCOC1. The smallest absolute Gasteiger partial charge is 0.444 e. The Bertz CT molecular complexity index is 1370. The molecule has 0 saturated carbocycles. The van der Waals surface area contributed by atoms with Gasteiger partial charge in [-0.2, -0.15) is 4.31 Å². The molecular formula is C28H40N3O11PS. The predicted octanol–water partition coefficient (Wildman–Crippen LogP) is 4.28. The Labute approximate surface area is 257 Å². The van der Waals surface area contributed by atoms with Gasteiger partial charge in [-0.05, 0) is 36.5 Å². The summed E-state index contributed by atoms with van der Waals surface area (Å²) >= 11 is 0. The summed E-state index contributed by atoms with van der Waals surface area (Å²) in [6.45, 7) is 5.37. The second kappa shape index (κ2) is 16.4. The number of nitro benzene ring substituents is 1. The Morgan fingerprint density at radius 3 is 2.43 bits per heavy atom. The zero-order valence-corrected chi connectivity index (χ0v) is 26.7. The molecule has 2 aromatic rings. The lowest BCUT2D eigenvalue weighted by Crippen LogP contribution is -2.52. The van der Waals surface area contributed by atoms with Crippen molar-refractivity contribution in [2.45, 2.75) is 63.2 Å². The standard InChI is InChI=1S/C28H40N3O11PS/c1-4-15-40-43(35,36)42-27(19-30(18-21(2)3)44(37,38)25-12-10-23(11-13-25)31(33)34)26(17-22-8-6-5-7-9-22)29-28(32)41-24-14-16-39-20-24/h5-13,21,24,26-27H,4,14-20H2,1-3H3,(H,29,32)(H,35,36)/t24-,26-,27+/m0/s1. The first kappa shape index (κ1) is 35.6. The maximum atomic E-state index is 13.9. The second-order valence-corrected chi connectivity index (χ2v) is 14.1. The third-order valence-electron chi connectivity index (χ3n) is 6.58. The molecule has 1 heterocycles. The van der Waals surface area contributed by atoms with E-state index in [4.69, 9.17) is 18.5 Å². The summed E-state index contributed by atoms with van der Waals surface area (Å²) in [6.07, 6.45) is -1.71. The van der Waals surface area contributed by atoms with Crippen molar-refractivity contribution in [1.29, 1.82) is 0 Å². The van der Waals surface area contributed by atoms with Crippen molar-refractivity contribution in [1.82, 2.24) is 9.62 Å². The summed E-state index contributed by atoms with van der Waals surface area (Å²) in [7, 11) is -9.04. The van der Waals surface area contributed by atoms with Gasteiger partial charge >= 0.3 is 13.9 Å². The highest BCUT2D eigenvalue weighted by Crippen LogP contribution is 2.45. The van der Waals surface area contributed by atoms with Gasteiger partial charge in [-0.15, -0.1) is 0 Å². The van der Waals surface area contributed by atoms with E-state index in [1.54, 1.807) is 51.1 Å². The summed E-state index contributed by atoms with van der Waals surface area (Å²) in [4.78, 5) is 33.9. The fraction of sp³-hybridized carbons (Fsp3) is 0.536. The largest absolute Gasteiger partial charge is 0.472 e. The summed E-state index contributed by atoms with van der Waals surface area (Å²) in [5.41, 5.74) is 0.444. The zero-order chi connectivity index (χ0) is 32.3. The van der Waals surface area contributed by atoms with Crippen LogP contribution in [0, 0.1) is 16.0 Å². The minimum Gasteiger partial charge on any atom is -0.444 e. The molecule has 0 aliphatic carbocycles. The van der Waals surface area contributed by atoms with Crippen molar-refractivity contribution < 1.29 is 46.1 Å². The Kier molecular flexibility index (Phi) is 13.3. The van der Waals surface area contributed by atoms with Crippen molar-refractivity contribution in [3.63, 3.8) is 0 Å². The summed E-state index contributed by atoms with van der Waals surface area (Å²) in [5.74, 6) is -0.200. The molecule has 4 atom stereocenters. The van der Waals surface area contributed by atoms with E-state index >= 15 is 0 Å². The van der Waals surface area contributed by atoms with E-state index < -0.39 is 53.7 Å². The van der Waals surface area contributed by atoms with E-state index in [2.05, 4.69) is 5.32 Å². The number of phosphoric acid groups is 1. The molecule has 1 saturated heterocycles. The number of rotatable bonds is 17. The molecule has 2 aromatic carbocycles. The highest BCUT2D eigenvalue weighted by atomic mass is 32.2. The quantitative estimate of drug-likeness (QED) is 0.141. The topological polar surface area (TPSA) is 184 Å². The van der Waals surface area contributed by atoms with E-state index in [-0.39, 0.29) is 42.7 Å². The van der Waals surface area contributed by atoms with Crippen LogP contribution in [-0.4, -0.2) is 79.8 Å². The van der Waals surface area contributed by atoms with E-state index in [1.165, 1.54) is 0 Å². The molecule has 244 valence electrons. The Hall–Kier alpha value is -2.91. The number of non-ortho nitro benzene ring substituents is 1. The van der Waals surface area contributed by atoms with Crippen LogP contribution >= 0.6 is 7.82 Å². The maximum absolute atomic E-state index is 13.9. The lowest BCUT2D eigenvalue weighted by molar-refractivity contribution is -0.384. The lowest BCUT2D eigenvalue weighted by atomic mass is 10.0. The Morgan fingerprint density at radius 2 is 1.86 bits per heavy atom. The molecule has 1 unspecified atom stereocenters. The predicted molar refractivity (Wildman–Crippen MR) is 160 cm³/mol. The fourth-order valence-corrected chi connectivity index (χ4v) is 7.14. The molecular weight excluding hydrogens is 617 g/mol. The van der Waals surface area contributed by atoms with Crippen molar-refractivity contribution in [2.75, 3.05) is 32.9 Å². The number of carbonyl (C=O) groups excluding carboxylic acids is 1. The first-order valence-corrected chi connectivity index (χ1v) is 17.2. The number of nitro groups is 1. The monoisotopic (exact) mass is 657 g/mol. The van der Waals surface area contributed by atoms with Crippen LogP contribution in [0.25, 0.3) is 0 Å². The Morgan fingerprint density at radius 1 is 1.18 bits per heavy atom. The third kappa shape index (κ3) is 10.9. The number of alkyl carbamates (subject to hydrolysis) is 1. The fourth-order valence-electron chi connectivity index (χ4n) is 4.50. The van der Waals surface area contributed by atoms with Gasteiger partial charge < -0.3 is 19.7 Å². The number of benzene rings is 2. The van der Waals surface area contributed by atoms with E-state index in [0.29, 0.717) is 19.4 Å². The number of nitrogens with one attached hydrogen (secondary N) is 1. The highest BCUT2D eigenvalue weighted by molar-refractivity contribution is 7.89. The van der Waals surface area contributed by atoms with Gasteiger partial charge in [-0.1, -0.05) is 51.1 Å². The molecule has 1 aliphatic rings. The molecule has 44 heavy (non-hydrogen) atoms. The number of hydrogen-bond donors (Lipinski definition) is 2. The number of ether oxygens (including phenoxy) is 2. The van der Waals surface area contributed by atoms with Crippen molar-refractivity contribution in [3.8, 4) is 0 Å². The van der Waals surface area contributed by atoms with Crippen LogP contribution in [0.1, 0.15) is 39.2 Å². The van der Waals surface area contributed by atoms with Gasteiger partial charge in [0.2, 0.25) is 10.0 Å². The van der Waals surface area contributed by atoms with Crippen LogP contribution in [0.15, 0.2) is 59.5 Å². The van der Waals surface area contributed by atoms with Gasteiger partial charge in [0.05, 0.1) is 35.7 Å². The molecule has 0 bridgehead atoms. The van der Waals surface area contributed by atoms with Crippen molar-refractivity contribution in [2.24, 2.45) is 5.92 Å². The minimum atomic E-state index is -4.74. The summed E-state index contributed by atoms with van der Waals surface area (Å²) in [5, 5.41) is 13.8. The number of hydrogen-bond acceptors (Lipinski definition) is 10. The van der Waals surface area contributed by atoms with E-state index in [9.17, 15) is 32.8 Å². The van der Waals surface area contributed by atoms with Crippen LogP contribution in [0.4, 0.5) is 10.5 Å². The lowest BCUT2D eigenvalue weighted by Gasteiger charge is -2.34. The Balaban J connectivity index is 2.02. The van der Waals surface area contributed by atoms with E-state index in [1.807, 2.05) is 0 Å². The van der Waals surface area contributed by atoms with Crippen LogP contribution in [0.5, 0.6) is 0 Å². The van der Waals surface area contributed by atoms with Gasteiger partial charge in [0.25, 0.3) is 5.69 Å². The van der Waals surface area contributed by atoms with Gasteiger partial charge in [-0.25, -0.2) is 17.8 Å². The van der Waals surface area contributed by atoms with Crippen LogP contribution in [0.2, 0.25) is 0 Å². The molecule has 2 N–H and O–H groups in total. The average molecular weight is 658 g/mol. The minimum absolute atomic E-state index is 0.0351. The highest BCUT2D eigenvalue weighted by Gasteiger charge is 2.38. The van der Waals surface area contributed by atoms with Gasteiger partial charge in [0, 0.05) is 31.6 Å². The average Bonchev–Trinajstić information content (AvgIpc) is 3.48. The third-order valence-corrected chi connectivity index (χ3v) is 9.47. The number of carbonyl (C=O) groups is 1. The van der Waals surface area contributed by atoms with Crippen LogP contribution in [-0.2, 0) is 39.5 Å². The van der Waals surface area contributed by atoms with Gasteiger partial charge in [0.15, 0.2) is 0 Å². The maximum Gasteiger partial charge on any atom is 0.472 e. The first-order valence-electron chi connectivity index (χ1n) is 14.3. The summed E-state index contributed by atoms with van der Waals surface area (Å²) in [6, 6.07) is 12.3. The second-order valence-electron chi connectivity index (χ2n) is 10.7.